The molecule has 0 saturated carbocycles. The lowest BCUT2D eigenvalue weighted by Gasteiger charge is -2.17. The Labute approximate surface area is 168 Å². The zero-order chi connectivity index (χ0) is 20.7. The highest BCUT2D eigenvalue weighted by molar-refractivity contribution is 6.22. The van der Waals surface area contributed by atoms with Gasteiger partial charge in [-0.3, -0.25) is 9.59 Å². The fourth-order valence-electron chi connectivity index (χ4n) is 3.73. The van der Waals surface area contributed by atoms with Crippen LogP contribution in [0.4, 0.5) is 11.6 Å². The van der Waals surface area contributed by atoms with E-state index in [4.69, 9.17) is 11.6 Å². The minimum Gasteiger partial charge on any atom is -0.368 e. The fourth-order valence-corrected chi connectivity index (χ4v) is 3.73. The molecule has 0 aliphatic carbocycles. The van der Waals surface area contributed by atoms with Crippen LogP contribution in [0.3, 0.4) is 0 Å². The predicted molar refractivity (Wildman–Crippen MR) is 113 cm³/mol. The van der Waals surface area contributed by atoms with Gasteiger partial charge in [0, 0.05) is 12.0 Å². The molecule has 0 bridgehead atoms. The van der Waals surface area contributed by atoms with Gasteiger partial charge in [-0.15, -0.1) is 0 Å². The van der Waals surface area contributed by atoms with Gasteiger partial charge in [-0.05, 0) is 23.6 Å². The van der Waals surface area contributed by atoms with Crippen LogP contribution in [0.1, 0.15) is 43.4 Å². The number of imidazole rings is 1. The summed E-state index contributed by atoms with van der Waals surface area (Å²) < 4.78 is 1.21. The van der Waals surface area contributed by atoms with E-state index in [0.29, 0.717) is 23.0 Å². The predicted octanol–water partition coefficient (Wildman–Crippen LogP) is 3.02. The maximum Gasteiger partial charge on any atom is 0.243 e. The molecule has 0 radical (unpaired) electrons. The number of carbonyl (C=O) groups is 2. The highest BCUT2D eigenvalue weighted by atomic mass is 16.2. The summed E-state index contributed by atoms with van der Waals surface area (Å²) in [6.45, 7) is 4.18. The van der Waals surface area contributed by atoms with E-state index < -0.39 is 5.92 Å². The average molecular weight is 389 g/mol. The molecule has 7 nitrogen and oxygen atoms in total. The van der Waals surface area contributed by atoms with Crippen LogP contribution in [-0.2, 0) is 9.59 Å². The van der Waals surface area contributed by atoms with E-state index in [1.807, 2.05) is 42.5 Å². The molecule has 148 valence electrons. The Kier molecular flexibility index (Phi) is 4.58. The first-order chi connectivity index (χ1) is 13.9. The normalized spacial score (nSPS) is 16.8. The number of carbonyl (C=O) groups excluding carboxylic acids is 2. The number of benzene rings is 2. The molecule has 1 saturated heterocycles. The van der Waals surface area contributed by atoms with Crippen molar-refractivity contribution in [2.24, 2.45) is 0 Å². The van der Waals surface area contributed by atoms with Gasteiger partial charge in [-0.1, -0.05) is 56.3 Å². The van der Waals surface area contributed by atoms with Crippen molar-refractivity contribution >= 4 is 23.5 Å². The minimum absolute atomic E-state index is 0.0208. The molecule has 1 unspecified atom stereocenters. The van der Waals surface area contributed by atoms with E-state index in [9.17, 15) is 9.59 Å². The Morgan fingerprint density at radius 1 is 1.03 bits per heavy atom. The molecule has 1 aromatic heterocycles. The van der Waals surface area contributed by atoms with Crippen molar-refractivity contribution in [3.63, 3.8) is 0 Å². The van der Waals surface area contributed by atoms with Gasteiger partial charge in [-0.25, -0.2) is 14.6 Å². The summed E-state index contributed by atoms with van der Waals surface area (Å²) in [4.78, 5) is 31.6. The highest BCUT2D eigenvalue weighted by Crippen LogP contribution is 2.38. The molecule has 1 atom stereocenters. The number of hydrogen-bond donors (Lipinski definition) is 2. The molecule has 1 aliphatic rings. The topological polar surface area (TPSA) is 107 Å². The summed E-state index contributed by atoms with van der Waals surface area (Å²) in [6, 6.07) is 16.9. The molecule has 4 N–H and O–H groups in total. The Bertz CT molecular complexity index is 1070. The lowest BCUT2D eigenvalue weighted by atomic mass is 9.98. The first-order valence-corrected chi connectivity index (χ1v) is 9.53. The van der Waals surface area contributed by atoms with Crippen LogP contribution in [0.25, 0.3) is 11.3 Å². The van der Waals surface area contributed by atoms with Crippen molar-refractivity contribution in [3.05, 3.63) is 65.9 Å². The number of nitrogens with zero attached hydrogens (tertiary/aromatic N) is 3. The maximum atomic E-state index is 13.2. The first-order valence-electron chi connectivity index (χ1n) is 9.53. The Hall–Kier alpha value is -3.61. The van der Waals surface area contributed by atoms with Crippen molar-refractivity contribution in [1.29, 1.82) is 0 Å². The number of amides is 2. The van der Waals surface area contributed by atoms with Gasteiger partial charge in [0.15, 0.2) is 0 Å². The molecule has 1 aliphatic heterocycles. The third-order valence-corrected chi connectivity index (χ3v) is 5.32. The van der Waals surface area contributed by atoms with Gasteiger partial charge in [0.1, 0.15) is 0 Å². The lowest BCUT2D eigenvalue weighted by Crippen LogP contribution is -2.31. The summed E-state index contributed by atoms with van der Waals surface area (Å²) >= 11 is 0. The van der Waals surface area contributed by atoms with E-state index in [1.165, 1.54) is 9.58 Å². The Morgan fingerprint density at radius 2 is 1.69 bits per heavy atom. The van der Waals surface area contributed by atoms with Crippen molar-refractivity contribution < 1.29 is 9.59 Å². The monoisotopic (exact) mass is 389 g/mol. The smallest absolute Gasteiger partial charge is 0.243 e. The number of aromatic nitrogens is 2. The molecule has 29 heavy (non-hydrogen) atoms. The number of nitrogen functional groups attached to an aromatic ring is 2. The number of rotatable bonds is 4. The number of nitrogens with two attached hydrogens (primary N) is 2. The molecule has 0 spiro atoms. The van der Waals surface area contributed by atoms with Crippen LogP contribution in [0, 0.1) is 0 Å². The summed E-state index contributed by atoms with van der Waals surface area (Å²) in [6.07, 6.45) is 0.0208. The number of anilines is 2. The molecule has 2 aromatic carbocycles. The van der Waals surface area contributed by atoms with Gasteiger partial charge in [-0.2, -0.15) is 0 Å². The van der Waals surface area contributed by atoms with Crippen LogP contribution in [0.2, 0.25) is 0 Å². The minimum atomic E-state index is -0.739. The SMILES string of the molecule is CC(C)c1ccc(N2C(=O)CC(c3c(-c4ccccc4)nc(N)n3N)C2=O)cc1. The third-order valence-electron chi connectivity index (χ3n) is 5.32. The van der Waals surface area contributed by atoms with Gasteiger partial charge < -0.3 is 11.6 Å². The molecule has 4 rings (SSSR count). The van der Waals surface area contributed by atoms with Crippen LogP contribution >= 0.6 is 0 Å². The van der Waals surface area contributed by atoms with Gasteiger partial charge in [0.25, 0.3) is 0 Å². The average Bonchev–Trinajstić information content (AvgIpc) is 3.17. The quantitative estimate of drug-likeness (QED) is 0.527. The van der Waals surface area contributed by atoms with E-state index >= 15 is 0 Å². The summed E-state index contributed by atoms with van der Waals surface area (Å²) in [7, 11) is 0. The van der Waals surface area contributed by atoms with Crippen molar-refractivity contribution in [2.45, 2.75) is 32.1 Å². The lowest BCUT2D eigenvalue weighted by molar-refractivity contribution is -0.121. The molecular formula is C22H23N5O2. The molecule has 7 heteroatoms. The largest absolute Gasteiger partial charge is 0.368 e. The molecule has 3 aromatic rings. The second-order valence-corrected chi connectivity index (χ2v) is 7.51. The second-order valence-electron chi connectivity index (χ2n) is 7.51. The number of imide groups is 1. The number of hydrogen-bond acceptors (Lipinski definition) is 5. The highest BCUT2D eigenvalue weighted by Gasteiger charge is 2.43. The van der Waals surface area contributed by atoms with E-state index in [-0.39, 0.29) is 24.2 Å². The Balaban J connectivity index is 1.73. The van der Waals surface area contributed by atoms with Gasteiger partial charge in [0.05, 0.1) is 23.0 Å². The Morgan fingerprint density at radius 3 is 2.31 bits per heavy atom. The van der Waals surface area contributed by atoms with Crippen LogP contribution in [0.15, 0.2) is 54.6 Å². The molecular weight excluding hydrogens is 366 g/mol. The standard InChI is InChI=1S/C22H23N5O2/c1-13(2)14-8-10-16(11-9-14)26-18(28)12-17(21(26)29)20-19(25-22(23)27(20)24)15-6-4-3-5-7-15/h3-11,13,17H,12,24H2,1-2H3,(H2,23,25). The van der Waals surface area contributed by atoms with Gasteiger partial charge >= 0.3 is 0 Å². The maximum absolute atomic E-state index is 13.2. The fraction of sp³-hybridized carbons (Fsp3) is 0.227. The second kappa shape index (κ2) is 7.09. The molecule has 1 fully saturated rings. The third kappa shape index (κ3) is 3.14. The van der Waals surface area contributed by atoms with Crippen LogP contribution < -0.4 is 16.5 Å². The molecule has 2 amide bonds. The van der Waals surface area contributed by atoms with E-state index in [2.05, 4.69) is 18.8 Å². The van der Waals surface area contributed by atoms with E-state index in [0.717, 1.165) is 11.1 Å². The first kappa shape index (κ1) is 18.7. The van der Waals surface area contributed by atoms with Crippen LogP contribution in [-0.4, -0.2) is 21.5 Å². The zero-order valence-corrected chi connectivity index (χ0v) is 16.4. The van der Waals surface area contributed by atoms with Crippen molar-refractivity contribution in [2.75, 3.05) is 16.5 Å². The van der Waals surface area contributed by atoms with Crippen molar-refractivity contribution in [1.82, 2.24) is 9.66 Å². The zero-order valence-electron chi connectivity index (χ0n) is 16.4. The van der Waals surface area contributed by atoms with Crippen LogP contribution in [0.5, 0.6) is 0 Å². The molecule has 2 heterocycles. The van der Waals surface area contributed by atoms with Crippen molar-refractivity contribution in [3.8, 4) is 11.3 Å². The van der Waals surface area contributed by atoms with E-state index in [1.54, 1.807) is 12.1 Å². The van der Waals surface area contributed by atoms with Gasteiger partial charge in [0.2, 0.25) is 17.8 Å². The summed E-state index contributed by atoms with van der Waals surface area (Å²) in [5.74, 6) is 5.25. The summed E-state index contributed by atoms with van der Waals surface area (Å²) in [5, 5.41) is 0. The summed E-state index contributed by atoms with van der Waals surface area (Å²) in [5.41, 5.74) is 9.40.